The van der Waals surface area contributed by atoms with Gasteiger partial charge >= 0.3 is 0 Å². The van der Waals surface area contributed by atoms with Crippen molar-refractivity contribution in [3.8, 4) is 0 Å². The molecule has 3 rings (SSSR count). The Labute approximate surface area is 138 Å². The van der Waals surface area contributed by atoms with Crippen LogP contribution in [0.1, 0.15) is 43.3 Å². The lowest BCUT2D eigenvalue weighted by molar-refractivity contribution is 0.125. The van der Waals surface area contributed by atoms with Crippen molar-refractivity contribution in [2.24, 2.45) is 5.92 Å². The van der Waals surface area contributed by atoms with E-state index in [4.69, 9.17) is 9.72 Å². The maximum absolute atomic E-state index is 5.64. The van der Waals surface area contributed by atoms with E-state index in [1.165, 1.54) is 30.3 Å². The van der Waals surface area contributed by atoms with Gasteiger partial charge in [-0.05, 0) is 64.6 Å². The zero-order chi connectivity index (χ0) is 16.2. The van der Waals surface area contributed by atoms with Crippen molar-refractivity contribution < 1.29 is 4.74 Å². The number of hydrogen-bond acceptors (Lipinski definition) is 4. The first-order chi connectivity index (χ1) is 11.2. The molecule has 2 aromatic rings. The fraction of sp³-hybridized carbons (Fsp3) is 0.667. The molecule has 0 radical (unpaired) electrons. The van der Waals surface area contributed by atoms with E-state index in [0.29, 0.717) is 13.2 Å². The molecule has 1 aliphatic heterocycles. The SMILES string of the molecule is CCOCc1nc2cnc(C)c(C)c2n1CCC1CCNCC1. The quantitative estimate of drug-likeness (QED) is 0.890. The van der Waals surface area contributed by atoms with Gasteiger partial charge in [0.05, 0.1) is 11.7 Å². The Hall–Kier alpha value is -1.46. The minimum Gasteiger partial charge on any atom is -0.374 e. The maximum Gasteiger partial charge on any atom is 0.136 e. The van der Waals surface area contributed by atoms with Crippen LogP contribution in [0.4, 0.5) is 0 Å². The largest absolute Gasteiger partial charge is 0.374 e. The van der Waals surface area contributed by atoms with E-state index in [2.05, 4.69) is 28.7 Å². The number of rotatable bonds is 6. The van der Waals surface area contributed by atoms with Crippen LogP contribution in [0.25, 0.3) is 11.0 Å². The molecule has 0 bridgehead atoms. The highest BCUT2D eigenvalue weighted by Gasteiger charge is 2.17. The number of ether oxygens (including phenoxy) is 1. The Morgan fingerprint density at radius 1 is 1.30 bits per heavy atom. The Morgan fingerprint density at radius 2 is 2.09 bits per heavy atom. The highest BCUT2D eigenvalue weighted by molar-refractivity contribution is 5.79. The molecule has 2 aromatic heterocycles. The van der Waals surface area contributed by atoms with Gasteiger partial charge in [-0.3, -0.25) is 4.98 Å². The standard InChI is InChI=1S/C18H28N4O/c1-4-23-12-17-21-16-11-20-14(3)13(2)18(16)22(17)10-7-15-5-8-19-9-6-15/h11,15,19H,4-10,12H2,1-3H3. The van der Waals surface area contributed by atoms with Crippen molar-refractivity contribution >= 4 is 11.0 Å². The topological polar surface area (TPSA) is 52.0 Å². The number of aromatic nitrogens is 3. The second kappa shape index (κ2) is 7.41. The first-order valence-corrected chi connectivity index (χ1v) is 8.80. The van der Waals surface area contributed by atoms with Crippen molar-refractivity contribution in [2.45, 2.75) is 53.2 Å². The Bertz CT molecular complexity index is 659. The molecule has 1 N–H and O–H groups in total. The molecule has 23 heavy (non-hydrogen) atoms. The molecule has 0 amide bonds. The number of nitrogens with zero attached hydrogens (tertiary/aromatic N) is 3. The number of nitrogens with one attached hydrogen (secondary N) is 1. The molecule has 5 heteroatoms. The van der Waals surface area contributed by atoms with Gasteiger partial charge in [-0.25, -0.2) is 4.98 Å². The molecule has 3 heterocycles. The van der Waals surface area contributed by atoms with Gasteiger partial charge in [0, 0.05) is 18.8 Å². The second-order valence-corrected chi connectivity index (χ2v) is 6.50. The van der Waals surface area contributed by atoms with Crippen LogP contribution in [0, 0.1) is 19.8 Å². The van der Waals surface area contributed by atoms with Gasteiger partial charge < -0.3 is 14.6 Å². The van der Waals surface area contributed by atoms with E-state index in [1.807, 2.05) is 13.1 Å². The predicted octanol–water partition coefficient (Wildman–Crippen LogP) is 2.97. The molecule has 0 unspecified atom stereocenters. The van der Waals surface area contributed by atoms with E-state index in [-0.39, 0.29) is 0 Å². The summed E-state index contributed by atoms with van der Waals surface area (Å²) >= 11 is 0. The highest BCUT2D eigenvalue weighted by atomic mass is 16.5. The van der Waals surface area contributed by atoms with Crippen molar-refractivity contribution in [3.05, 3.63) is 23.3 Å². The van der Waals surface area contributed by atoms with Gasteiger partial charge in [0.15, 0.2) is 0 Å². The second-order valence-electron chi connectivity index (χ2n) is 6.50. The van der Waals surface area contributed by atoms with Crippen LogP contribution in [0.5, 0.6) is 0 Å². The third-order valence-electron chi connectivity index (χ3n) is 5.01. The van der Waals surface area contributed by atoms with E-state index < -0.39 is 0 Å². The van der Waals surface area contributed by atoms with E-state index in [9.17, 15) is 0 Å². The molecule has 0 saturated carbocycles. The average Bonchev–Trinajstić information content (AvgIpc) is 2.93. The predicted molar refractivity (Wildman–Crippen MR) is 92.5 cm³/mol. The van der Waals surface area contributed by atoms with Crippen LogP contribution in [0.2, 0.25) is 0 Å². The van der Waals surface area contributed by atoms with Crippen LogP contribution in [-0.4, -0.2) is 34.2 Å². The molecular formula is C18H28N4O. The van der Waals surface area contributed by atoms with Crippen LogP contribution < -0.4 is 5.32 Å². The molecule has 1 fully saturated rings. The van der Waals surface area contributed by atoms with Gasteiger partial charge in [0.1, 0.15) is 17.9 Å². The van der Waals surface area contributed by atoms with E-state index in [0.717, 1.165) is 42.6 Å². The van der Waals surface area contributed by atoms with Gasteiger partial charge in [-0.1, -0.05) is 0 Å². The summed E-state index contributed by atoms with van der Waals surface area (Å²) in [4.78, 5) is 9.25. The fourth-order valence-electron chi connectivity index (χ4n) is 3.46. The molecule has 0 aromatic carbocycles. The van der Waals surface area contributed by atoms with Crippen LogP contribution >= 0.6 is 0 Å². The minimum atomic E-state index is 0.579. The number of aryl methyl sites for hydroxylation is 3. The lowest BCUT2D eigenvalue weighted by Gasteiger charge is -2.23. The zero-order valence-corrected chi connectivity index (χ0v) is 14.6. The molecule has 1 saturated heterocycles. The van der Waals surface area contributed by atoms with Crippen molar-refractivity contribution in [2.75, 3.05) is 19.7 Å². The zero-order valence-electron chi connectivity index (χ0n) is 14.6. The summed E-state index contributed by atoms with van der Waals surface area (Å²) in [5, 5.41) is 3.45. The summed E-state index contributed by atoms with van der Waals surface area (Å²) in [7, 11) is 0. The van der Waals surface area contributed by atoms with Crippen LogP contribution in [0.15, 0.2) is 6.20 Å². The number of hydrogen-bond donors (Lipinski definition) is 1. The summed E-state index contributed by atoms with van der Waals surface area (Å²) in [6.45, 7) is 10.9. The Kier molecular flexibility index (Phi) is 5.28. The normalized spacial score (nSPS) is 16.3. The van der Waals surface area contributed by atoms with Crippen molar-refractivity contribution in [1.82, 2.24) is 19.9 Å². The van der Waals surface area contributed by atoms with E-state index in [1.54, 1.807) is 0 Å². The molecular weight excluding hydrogens is 288 g/mol. The molecule has 0 aliphatic carbocycles. The van der Waals surface area contributed by atoms with Gasteiger partial charge in [0.25, 0.3) is 0 Å². The summed E-state index contributed by atoms with van der Waals surface area (Å²) in [5.41, 5.74) is 4.56. The van der Waals surface area contributed by atoms with Crippen LogP contribution in [-0.2, 0) is 17.9 Å². The third kappa shape index (κ3) is 3.56. The maximum atomic E-state index is 5.64. The summed E-state index contributed by atoms with van der Waals surface area (Å²) in [5.74, 6) is 1.85. The molecule has 0 atom stereocenters. The molecule has 5 nitrogen and oxygen atoms in total. The highest BCUT2D eigenvalue weighted by Crippen LogP contribution is 2.24. The average molecular weight is 316 g/mol. The first kappa shape index (κ1) is 16.4. The monoisotopic (exact) mass is 316 g/mol. The third-order valence-corrected chi connectivity index (χ3v) is 5.01. The molecule has 0 spiro atoms. The van der Waals surface area contributed by atoms with E-state index >= 15 is 0 Å². The van der Waals surface area contributed by atoms with Gasteiger partial charge in [-0.2, -0.15) is 0 Å². The summed E-state index contributed by atoms with van der Waals surface area (Å²) < 4.78 is 8.01. The van der Waals surface area contributed by atoms with Crippen molar-refractivity contribution in [3.63, 3.8) is 0 Å². The lowest BCUT2D eigenvalue weighted by Crippen LogP contribution is -2.28. The van der Waals surface area contributed by atoms with Gasteiger partial charge in [0.2, 0.25) is 0 Å². The summed E-state index contributed by atoms with van der Waals surface area (Å²) in [6.07, 6.45) is 5.68. The number of piperidine rings is 1. The lowest BCUT2D eigenvalue weighted by atomic mass is 9.94. The van der Waals surface area contributed by atoms with Gasteiger partial charge in [-0.15, -0.1) is 0 Å². The van der Waals surface area contributed by atoms with Crippen molar-refractivity contribution in [1.29, 1.82) is 0 Å². The fourth-order valence-corrected chi connectivity index (χ4v) is 3.46. The number of imidazole rings is 1. The minimum absolute atomic E-state index is 0.579. The van der Waals surface area contributed by atoms with Crippen LogP contribution in [0.3, 0.4) is 0 Å². The summed E-state index contributed by atoms with van der Waals surface area (Å²) in [6, 6.07) is 0. The Balaban J connectivity index is 1.88. The first-order valence-electron chi connectivity index (χ1n) is 8.80. The molecule has 126 valence electrons. The number of fused-ring (bicyclic) bond motifs is 1. The number of pyridine rings is 1. The Morgan fingerprint density at radius 3 is 2.83 bits per heavy atom. The molecule has 1 aliphatic rings. The smallest absolute Gasteiger partial charge is 0.136 e.